The van der Waals surface area contributed by atoms with Gasteiger partial charge in [0, 0.05) is 7.05 Å². The number of carbonyl (C=O) groups is 1. The Morgan fingerprint density at radius 2 is 1.73 bits per heavy atom. The average molecular weight is 378 g/mol. The number of hydrogen-bond acceptors (Lipinski definition) is 5. The SMILES string of the molecule is CCOc1ccccc1NC(=O)COc1ccc(N(C)S(C)(=O)=O)cc1. The van der Waals surface area contributed by atoms with Crippen molar-refractivity contribution in [2.45, 2.75) is 6.92 Å². The van der Waals surface area contributed by atoms with Gasteiger partial charge in [0.15, 0.2) is 6.61 Å². The standard InChI is InChI=1S/C18H22N2O5S/c1-4-24-17-8-6-5-7-16(17)19-18(21)13-25-15-11-9-14(10-12-15)20(2)26(3,22)23/h5-12H,4,13H2,1-3H3,(H,19,21). The molecular weight excluding hydrogens is 356 g/mol. The lowest BCUT2D eigenvalue weighted by molar-refractivity contribution is -0.118. The quantitative estimate of drug-likeness (QED) is 0.763. The molecule has 0 heterocycles. The van der Waals surface area contributed by atoms with Crippen LogP contribution in [-0.2, 0) is 14.8 Å². The highest BCUT2D eigenvalue weighted by Gasteiger charge is 2.12. The Labute approximate surface area is 153 Å². The minimum absolute atomic E-state index is 0.179. The largest absolute Gasteiger partial charge is 0.492 e. The molecule has 8 heteroatoms. The maximum absolute atomic E-state index is 12.1. The lowest BCUT2D eigenvalue weighted by atomic mass is 10.3. The average Bonchev–Trinajstić information content (AvgIpc) is 2.61. The zero-order valence-corrected chi connectivity index (χ0v) is 15.7. The molecule has 0 aliphatic carbocycles. The van der Waals surface area contributed by atoms with E-state index in [-0.39, 0.29) is 12.5 Å². The number of nitrogens with zero attached hydrogens (tertiary/aromatic N) is 1. The zero-order chi connectivity index (χ0) is 19.2. The highest BCUT2D eigenvalue weighted by Crippen LogP contribution is 2.24. The first-order valence-electron chi connectivity index (χ1n) is 7.99. The van der Waals surface area contributed by atoms with Gasteiger partial charge < -0.3 is 14.8 Å². The summed E-state index contributed by atoms with van der Waals surface area (Å²) < 4.78 is 35.1. The number of hydrogen-bond donors (Lipinski definition) is 1. The monoisotopic (exact) mass is 378 g/mol. The first-order valence-corrected chi connectivity index (χ1v) is 9.84. The molecule has 26 heavy (non-hydrogen) atoms. The van der Waals surface area contributed by atoms with Gasteiger partial charge in [0.2, 0.25) is 10.0 Å². The smallest absolute Gasteiger partial charge is 0.262 e. The van der Waals surface area contributed by atoms with Crippen LogP contribution >= 0.6 is 0 Å². The van der Waals surface area contributed by atoms with Crippen LogP contribution in [0.5, 0.6) is 11.5 Å². The van der Waals surface area contributed by atoms with Crippen LogP contribution in [0, 0.1) is 0 Å². The summed E-state index contributed by atoms with van der Waals surface area (Å²) in [6, 6.07) is 13.6. The number of ether oxygens (including phenoxy) is 2. The molecule has 0 aliphatic heterocycles. The molecule has 0 atom stereocenters. The number of benzene rings is 2. The molecule has 1 amide bonds. The summed E-state index contributed by atoms with van der Waals surface area (Å²) in [4.78, 5) is 12.1. The second kappa shape index (κ2) is 8.57. The number of carbonyl (C=O) groups excluding carboxylic acids is 1. The second-order valence-electron chi connectivity index (χ2n) is 5.49. The summed E-state index contributed by atoms with van der Waals surface area (Å²) in [5.74, 6) is 0.731. The Hall–Kier alpha value is -2.74. The fraction of sp³-hybridized carbons (Fsp3) is 0.278. The van der Waals surface area contributed by atoms with E-state index in [1.807, 2.05) is 13.0 Å². The minimum Gasteiger partial charge on any atom is -0.492 e. The summed E-state index contributed by atoms with van der Waals surface area (Å²) in [6.07, 6.45) is 1.13. The van der Waals surface area contributed by atoms with Crippen molar-refractivity contribution in [1.29, 1.82) is 0 Å². The van der Waals surface area contributed by atoms with Crippen LogP contribution in [0.15, 0.2) is 48.5 Å². The van der Waals surface area contributed by atoms with E-state index in [0.717, 1.165) is 10.6 Å². The number of sulfonamides is 1. The fourth-order valence-corrected chi connectivity index (χ4v) is 2.63. The molecule has 0 unspecified atom stereocenters. The topological polar surface area (TPSA) is 84.9 Å². The summed E-state index contributed by atoms with van der Waals surface area (Å²) in [7, 11) is -1.85. The van der Waals surface area contributed by atoms with Gasteiger partial charge in [0.25, 0.3) is 5.91 Å². The predicted molar refractivity (Wildman–Crippen MR) is 101 cm³/mol. The van der Waals surface area contributed by atoms with Crippen molar-refractivity contribution in [2.24, 2.45) is 0 Å². The van der Waals surface area contributed by atoms with Crippen molar-refractivity contribution in [3.05, 3.63) is 48.5 Å². The molecule has 0 aliphatic rings. The van der Waals surface area contributed by atoms with Gasteiger partial charge >= 0.3 is 0 Å². The first kappa shape index (κ1) is 19.6. The van der Waals surface area contributed by atoms with Gasteiger partial charge in [-0.05, 0) is 43.3 Å². The maximum atomic E-state index is 12.1. The molecule has 2 aromatic rings. The summed E-state index contributed by atoms with van der Waals surface area (Å²) in [6.45, 7) is 2.19. The highest BCUT2D eigenvalue weighted by atomic mass is 32.2. The summed E-state index contributed by atoms with van der Waals surface area (Å²) in [5.41, 5.74) is 1.09. The molecule has 7 nitrogen and oxygen atoms in total. The third-order valence-corrected chi connectivity index (χ3v) is 4.73. The molecular formula is C18H22N2O5S. The van der Waals surface area contributed by atoms with Crippen LogP contribution in [-0.4, -0.2) is 40.8 Å². The van der Waals surface area contributed by atoms with Crippen molar-refractivity contribution in [1.82, 2.24) is 0 Å². The lowest BCUT2D eigenvalue weighted by Gasteiger charge is -2.17. The van der Waals surface area contributed by atoms with E-state index in [0.29, 0.717) is 29.5 Å². The molecule has 0 spiro atoms. The van der Waals surface area contributed by atoms with Gasteiger partial charge in [0.05, 0.1) is 24.2 Å². The molecule has 0 radical (unpaired) electrons. The van der Waals surface area contributed by atoms with Crippen LogP contribution in [0.2, 0.25) is 0 Å². The Balaban J connectivity index is 1.94. The van der Waals surface area contributed by atoms with E-state index in [1.165, 1.54) is 7.05 Å². The molecule has 2 rings (SSSR count). The molecule has 0 saturated heterocycles. The number of para-hydroxylation sites is 2. The lowest BCUT2D eigenvalue weighted by Crippen LogP contribution is -2.24. The third-order valence-electron chi connectivity index (χ3n) is 3.53. The number of amides is 1. The number of anilines is 2. The first-order chi connectivity index (χ1) is 12.3. The Morgan fingerprint density at radius 3 is 2.35 bits per heavy atom. The predicted octanol–water partition coefficient (Wildman–Crippen LogP) is 2.50. The van der Waals surface area contributed by atoms with E-state index in [2.05, 4.69) is 5.32 Å². The highest BCUT2D eigenvalue weighted by molar-refractivity contribution is 7.92. The molecule has 2 aromatic carbocycles. The second-order valence-corrected chi connectivity index (χ2v) is 7.50. The van der Waals surface area contributed by atoms with Gasteiger partial charge in [-0.15, -0.1) is 0 Å². The minimum atomic E-state index is -3.32. The summed E-state index contributed by atoms with van der Waals surface area (Å²) >= 11 is 0. The van der Waals surface area contributed by atoms with Gasteiger partial charge in [-0.2, -0.15) is 0 Å². The van der Waals surface area contributed by atoms with Gasteiger partial charge in [-0.25, -0.2) is 8.42 Å². The number of nitrogens with one attached hydrogen (secondary N) is 1. The Bertz CT molecular complexity index is 850. The molecule has 0 aromatic heterocycles. The van der Waals surface area contributed by atoms with Crippen LogP contribution in [0.25, 0.3) is 0 Å². The maximum Gasteiger partial charge on any atom is 0.262 e. The number of rotatable bonds is 8. The van der Waals surface area contributed by atoms with Crippen molar-refractivity contribution in [2.75, 3.05) is 36.1 Å². The fourth-order valence-electron chi connectivity index (χ4n) is 2.13. The molecule has 0 saturated carbocycles. The van der Waals surface area contributed by atoms with Gasteiger partial charge in [0.1, 0.15) is 11.5 Å². The third kappa shape index (κ3) is 5.38. The normalized spacial score (nSPS) is 10.9. The van der Waals surface area contributed by atoms with Crippen LogP contribution in [0.1, 0.15) is 6.92 Å². The van der Waals surface area contributed by atoms with E-state index in [4.69, 9.17) is 9.47 Å². The van der Waals surface area contributed by atoms with Crippen LogP contribution < -0.4 is 19.1 Å². The Kier molecular flexibility index (Phi) is 6.46. The zero-order valence-electron chi connectivity index (χ0n) is 14.9. The molecule has 0 fully saturated rings. The molecule has 140 valence electrons. The van der Waals surface area contributed by atoms with Crippen LogP contribution in [0.4, 0.5) is 11.4 Å². The van der Waals surface area contributed by atoms with E-state index < -0.39 is 10.0 Å². The molecule has 0 bridgehead atoms. The van der Waals surface area contributed by atoms with Gasteiger partial charge in [-0.1, -0.05) is 12.1 Å². The van der Waals surface area contributed by atoms with Crippen molar-refractivity contribution in [3.63, 3.8) is 0 Å². The van der Waals surface area contributed by atoms with E-state index >= 15 is 0 Å². The summed E-state index contributed by atoms with van der Waals surface area (Å²) in [5, 5.41) is 2.74. The van der Waals surface area contributed by atoms with Crippen molar-refractivity contribution >= 4 is 27.3 Å². The van der Waals surface area contributed by atoms with E-state index in [1.54, 1.807) is 42.5 Å². The van der Waals surface area contributed by atoms with Gasteiger partial charge in [-0.3, -0.25) is 9.10 Å². The molecule has 1 N–H and O–H groups in total. The Morgan fingerprint density at radius 1 is 1.08 bits per heavy atom. The van der Waals surface area contributed by atoms with Crippen molar-refractivity contribution < 1.29 is 22.7 Å². The van der Waals surface area contributed by atoms with Crippen molar-refractivity contribution in [3.8, 4) is 11.5 Å². The van der Waals surface area contributed by atoms with Crippen LogP contribution in [0.3, 0.4) is 0 Å². The van der Waals surface area contributed by atoms with E-state index in [9.17, 15) is 13.2 Å².